The smallest absolute Gasteiger partial charge is 0.415 e. The number of carbonyl (C=O) groups excluding carboxylic acids is 2. The van der Waals surface area contributed by atoms with Crippen LogP contribution in [0.1, 0.15) is 12.0 Å². The fourth-order valence-electron chi connectivity index (χ4n) is 2.00. The molecule has 0 unspecified atom stereocenters. The van der Waals surface area contributed by atoms with E-state index in [9.17, 15) is 19.5 Å². The molecule has 6 heteroatoms. The first-order valence-corrected chi connectivity index (χ1v) is 5.85. The van der Waals surface area contributed by atoms with Gasteiger partial charge in [0.15, 0.2) is 0 Å². The molecule has 1 amide bonds. The molecule has 0 bridgehead atoms. The van der Waals surface area contributed by atoms with Crippen LogP contribution in [-0.2, 0) is 20.7 Å². The second kappa shape index (κ2) is 5.51. The predicted molar refractivity (Wildman–Crippen MR) is 64.3 cm³/mol. The van der Waals surface area contributed by atoms with Crippen LogP contribution < -0.4 is 5.32 Å². The Kier molecular flexibility index (Phi) is 3.79. The first-order valence-electron chi connectivity index (χ1n) is 5.85. The highest BCUT2D eigenvalue weighted by atomic mass is 16.6. The summed E-state index contributed by atoms with van der Waals surface area (Å²) in [6, 6.07) is 8.24. The maximum absolute atomic E-state index is 11.3. The number of benzene rings is 1. The summed E-state index contributed by atoms with van der Waals surface area (Å²) in [4.78, 5) is 33.4. The van der Waals surface area contributed by atoms with E-state index in [1.54, 1.807) is 0 Å². The fraction of sp³-hybridized carbons (Fsp3) is 0.308. The summed E-state index contributed by atoms with van der Waals surface area (Å²) in [6.07, 6.45) is -0.496. The van der Waals surface area contributed by atoms with Gasteiger partial charge in [-0.1, -0.05) is 30.3 Å². The fourth-order valence-corrected chi connectivity index (χ4v) is 2.00. The summed E-state index contributed by atoms with van der Waals surface area (Å²) in [7, 11) is 0. The zero-order chi connectivity index (χ0) is 13.8. The third-order valence-electron chi connectivity index (χ3n) is 2.96. The van der Waals surface area contributed by atoms with Gasteiger partial charge in [0.05, 0.1) is 5.92 Å². The van der Waals surface area contributed by atoms with E-state index in [1.807, 2.05) is 30.3 Å². The highest BCUT2D eigenvalue weighted by molar-refractivity contribution is 5.95. The van der Waals surface area contributed by atoms with Crippen molar-refractivity contribution in [2.24, 2.45) is 5.92 Å². The van der Waals surface area contributed by atoms with Crippen LogP contribution in [0, 0.1) is 5.92 Å². The highest BCUT2D eigenvalue weighted by Crippen LogP contribution is 2.17. The van der Waals surface area contributed by atoms with Crippen molar-refractivity contribution >= 4 is 18.0 Å². The van der Waals surface area contributed by atoms with Gasteiger partial charge in [-0.2, -0.15) is 0 Å². The molecule has 1 aliphatic rings. The van der Waals surface area contributed by atoms with E-state index in [4.69, 9.17) is 0 Å². The number of carbonyl (C=O) groups is 3. The summed E-state index contributed by atoms with van der Waals surface area (Å²) in [5.41, 5.74) is 0.868. The molecule has 1 saturated heterocycles. The van der Waals surface area contributed by atoms with E-state index >= 15 is 0 Å². The Labute approximate surface area is 109 Å². The molecule has 2 atom stereocenters. The standard InChI is InChI=1S/C13H13NO5/c15-11(16)9(6-8-4-2-1-3-5-8)7-10-12(17)19-13(18)14-10/h1-5,9-10H,6-7H2,(H,14,18)(H,15,16)/t9-,10-/m0/s1. The van der Waals surface area contributed by atoms with Crippen molar-refractivity contribution in [1.29, 1.82) is 0 Å². The van der Waals surface area contributed by atoms with Crippen LogP contribution in [0.3, 0.4) is 0 Å². The van der Waals surface area contributed by atoms with Gasteiger partial charge in [0.1, 0.15) is 6.04 Å². The second-order valence-corrected chi connectivity index (χ2v) is 4.37. The van der Waals surface area contributed by atoms with Crippen LogP contribution >= 0.6 is 0 Å². The van der Waals surface area contributed by atoms with Crippen LogP contribution in [0.5, 0.6) is 0 Å². The van der Waals surface area contributed by atoms with E-state index in [-0.39, 0.29) is 6.42 Å². The van der Waals surface area contributed by atoms with Crippen molar-refractivity contribution < 1.29 is 24.2 Å². The summed E-state index contributed by atoms with van der Waals surface area (Å²) < 4.78 is 4.32. The minimum atomic E-state index is -1.00. The Bertz CT molecular complexity index is 499. The zero-order valence-electron chi connectivity index (χ0n) is 10.0. The molecular formula is C13H13NO5. The number of amides is 1. The molecule has 1 heterocycles. The Balaban J connectivity index is 2.03. The molecule has 6 nitrogen and oxygen atoms in total. The average Bonchev–Trinajstić information content (AvgIpc) is 2.68. The van der Waals surface area contributed by atoms with Crippen LogP contribution in [0.2, 0.25) is 0 Å². The Morgan fingerprint density at radius 1 is 1.32 bits per heavy atom. The Morgan fingerprint density at radius 3 is 2.53 bits per heavy atom. The lowest BCUT2D eigenvalue weighted by atomic mass is 9.93. The van der Waals surface area contributed by atoms with Crippen molar-refractivity contribution in [3.05, 3.63) is 35.9 Å². The van der Waals surface area contributed by atoms with Gasteiger partial charge in [-0.05, 0) is 18.4 Å². The number of nitrogens with one attached hydrogen (secondary N) is 1. The van der Waals surface area contributed by atoms with Crippen molar-refractivity contribution in [2.75, 3.05) is 0 Å². The van der Waals surface area contributed by atoms with Crippen LogP contribution in [0.4, 0.5) is 4.79 Å². The number of hydrogen-bond donors (Lipinski definition) is 2. The van der Waals surface area contributed by atoms with Gasteiger partial charge in [0.25, 0.3) is 0 Å². The van der Waals surface area contributed by atoms with Gasteiger partial charge in [-0.25, -0.2) is 9.59 Å². The minimum absolute atomic E-state index is 0.0226. The lowest BCUT2D eigenvalue weighted by molar-refractivity contribution is -0.142. The minimum Gasteiger partial charge on any atom is -0.481 e. The number of ether oxygens (including phenoxy) is 1. The zero-order valence-corrected chi connectivity index (χ0v) is 10.0. The summed E-state index contributed by atoms with van der Waals surface area (Å²) in [5, 5.41) is 11.5. The molecule has 100 valence electrons. The monoisotopic (exact) mass is 263 g/mol. The van der Waals surface area contributed by atoms with Gasteiger partial charge in [-0.15, -0.1) is 0 Å². The molecule has 1 aromatic carbocycles. The first kappa shape index (κ1) is 13.1. The number of alkyl carbamates (subject to hydrolysis) is 1. The number of carboxylic acids is 1. The van der Waals surface area contributed by atoms with Crippen LogP contribution in [0.25, 0.3) is 0 Å². The van der Waals surface area contributed by atoms with E-state index in [0.29, 0.717) is 6.42 Å². The third kappa shape index (κ3) is 3.31. The largest absolute Gasteiger partial charge is 0.481 e. The number of carboxylic acid groups (broad SMARTS) is 1. The molecule has 1 aliphatic heterocycles. The highest BCUT2D eigenvalue weighted by Gasteiger charge is 2.36. The summed E-state index contributed by atoms with van der Waals surface area (Å²) >= 11 is 0. The molecule has 0 radical (unpaired) electrons. The quantitative estimate of drug-likeness (QED) is 0.609. The third-order valence-corrected chi connectivity index (χ3v) is 2.96. The maximum atomic E-state index is 11.3. The van der Waals surface area contributed by atoms with Crippen molar-refractivity contribution in [3.63, 3.8) is 0 Å². The maximum Gasteiger partial charge on any atom is 0.415 e. The van der Waals surface area contributed by atoms with Gasteiger partial charge in [0.2, 0.25) is 0 Å². The topological polar surface area (TPSA) is 92.7 Å². The summed E-state index contributed by atoms with van der Waals surface area (Å²) in [5.74, 6) is -2.47. The SMILES string of the molecule is O=C1N[C@@H](C[C@H](Cc2ccccc2)C(=O)O)C(=O)O1. The molecule has 0 aliphatic carbocycles. The van der Waals surface area contributed by atoms with Gasteiger partial charge in [0, 0.05) is 0 Å². The molecule has 2 rings (SSSR count). The molecule has 0 saturated carbocycles. The first-order chi connectivity index (χ1) is 9.06. The van der Waals surface area contributed by atoms with E-state index < -0.39 is 30.0 Å². The van der Waals surface area contributed by atoms with Crippen molar-refractivity contribution in [2.45, 2.75) is 18.9 Å². The number of hydrogen-bond acceptors (Lipinski definition) is 4. The molecule has 1 aromatic rings. The van der Waals surface area contributed by atoms with E-state index in [2.05, 4.69) is 10.1 Å². The van der Waals surface area contributed by atoms with E-state index in [1.165, 1.54) is 0 Å². The predicted octanol–water partition coefficient (Wildman–Crippen LogP) is 0.955. The molecule has 0 aromatic heterocycles. The number of esters is 1. The molecule has 2 N–H and O–H groups in total. The van der Waals surface area contributed by atoms with Crippen molar-refractivity contribution in [1.82, 2.24) is 5.32 Å². The molecule has 0 spiro atoms. The Morgan fingerprint density at radius 2 is 2.00 bits per heavy atom. The van der Waals surface area contributed by atoms with Gasteiger partial charge < -0.3 is 15.2 Å². The van der Waals surface area contributed by atoms with E-state index in [0.717, 1.165) is 5.56 Å². The summed E-state index contributed by atoms with van der Waals surface area (Å²) in [6.45, 7) is 0. The molecule has 1 fully saturated rings. The van der Waals surface area contributed by atoms with Gasteiger partial charge in [-0.3, -0.25) is 4.79 Å². The lowest BCUT2D eigenvalue weighted by Gasteiger charge is -2.14. The average molecular weight is 263 g/mol. The number of cyclic esters (lactones) is 2. The molecule has 19 heavy (non-hydrogen) atoms. The normalized spacial score (nSPS) is 19.7. The van der Waals surface area contributed by atoms with Gasteiger partial charge >= 0.3 is 18.0 Å². The lowest BCUT2D eigenvalue weighted by Crippen LogP contribution is -2.34. The van der Waals surface area contributed by atoms with Crippen LogP contribution in [0.15, 0.2) is 30.3 Å². The number of aliphatic carboxylic acids is 1. The second-order valence-electron chi connectivity index (χ2n) is 4.37. The molecular weight excluding hydrogens is 250 g/mol. The number of rotatable bonds is 5. The van der Waals surface area contributed by atoms with Crippen LogP contribution in [-0.4, -0.2) is 29.2 Å². The van der Waals surface area contributed by atoms with Crippen molar-refractivity contribution in [3.8, 4) is 0 Å². The Hall–Kier alpha value is -2.37.